The summed E-state index contributed by atoms with van der Waals surface area (Å²) in [5, 5.41) is 13.4. The second-order valence-corrected chi connectivity index (χ2v) is 10.2. The molecule has 5 rings (SSSR count). The number of aliphatic carboxylic acids is 1. The van der Waals surface area contributed by atoms with Crippen molar-refractivity contribution in [1.29, 1.82) is 0 Å². The zero-order valence-corrected chi connectivity index (χ0v) is 19.4. The van der Waals surface area contributed by atoms with Gasteiger partial charge < -0.3 is 14.6 Å². The number of benzene rings is 1. The van der Waals surface area contributed by atoms with Crippen LogP contribution in [0, 0.1) is 17.3 Å². The molecule has 0 radical (unpaired) electrons. The van der Waals surface area contributed by atoms with Crippen LogP contribution in [0.25, 0.3) is 0 Å². The maximum Gasteiger partial charge on any atom is 0.353 e. The summed E-state index contributed by atoms with van der Waals surface area (Å²) in [7, 11) is 2.88. The first-order valence-corrected chi connectivity index (χ1v) is 11.3. The summed E-state index contributed by atoms with van der Waals surface area (Å²) in [6, 6.07) is 4.59. The van der Waals surface area contributed by atoms with Gasteiger partial charge in [0.25, 0.3) is 0 Å². The zero-order valence-electron chi connectivity index (χ0n) is 18.6. The number of halogens is 1. The molecule has 8 nitrogen and oxygen atoms in total. The molecular weight excluding hydrogens is 448 g/mol. The second kappa shape index (κ2) is 8.82. The number of ether oxygens (including phenoxy) is 2. The fourth-order valence-electron chi connectivity index (χ4n) is 6.09. The molecule has 33 heavy (non-hydrogen) atoms. The molecule has 176 valence electrons. The molecule has 1 aromatic rings. The van der Waals surface area contributed by atoms with Crippen molar-refractivity contribution in [1.82, 2.24) is 5.43 Å². The molecule has 4 bridgehead atoms. The number of hydrogen-bond donors (Lipinski definition) is 2. The van der Waals surface area contributed by atoms with E-state index in [0.717, 1.165) is 44.4 Å². The molecule has 0 spiro atoms. The third kappa shape index (κ3) is 4.62. The Balaban J connectivity index is 1.48. The van der Waals surface area contributed by atoms with E-state index in [-0.39, 0.29) is 22.0 Å². The van der Waals surface area contributed by atoms with Gasteiger partial charge in [0, 0.05) is 22.4 Å². The molecule has 0 heterocycles. The number of allylic oxidation sites excluding steroid dienone is 1. The Bertz CT molecular complexity index is 1040. The first-order valence-electron chi connectivity index (χ1n) is 10.9. The lowest BCUT2D eigenvalue weighted by Crippen LogP contribution is -2.56. The van der Waals surface area contributed by atoms with Crippen LogP contribution in [0.15, 0.2) is 35.1 Å². The summed E-state index contributed by atoms with van der Waals surface area (Å²) in [6.07, 6.45) is 7.34. The first-order chi connectivity index (χ1) is 15.7. The number of nitrogens with zero attached hydrogens (tertiary/aromatic N) is 1. The predicted molar refractivity (Wildman–Crippen MR) is 122 cm³/mol. The SMILES string of the molecule is COc1ccc(C(=O)/C=C(\N/N=C\C(=O)C23CC4CC(CC(Cl)(C4)C2)C3)C(=O)O)c(OC)c1. The molecule has 2 unspecified atom stereocenters. The quantitative estimate of drug-likeness (QED) is 0.185. The van der Waals surface area contributed by atoms with Gasteiger partial charge in [-0.25, -0.2) is 4.79 Å². The minimum Gasteiger partial charge on any atom is -0.497 e. The van der Waals surface area contributed by atoms with E-state index in [4.69, 9.17) is 21.1 Å². The fourth-order valence-corrected chi connectivity index (χ4v) is 6.78. The van der Waals surface area contributed by atoms with Crippen molar-refractivity contribution in [3.05, 3.63) is 35.5 Å². The maximum atomic E-state index is 13.1. The van der Waals surface area contributed by atoms with E-state index in [2.05, 4.69) is 10.5 Å². The molecule has 2 atom stereocenters. The lowest BCUT2D eigenvalue weighted by Gasteiger charge is -2.59. The average molecular weight is 475 g/mol. The number of rotatable bonds is 9. The number of hydrogen-bond acceptors (Lipinski definition) is 7. The third-order valence-electron chi connectivity index (χ3n) is 7.06. The van der Waals surface area contributed by atoms with Crippen LogP contribution in [0.4, 0.5) is 0 Å². The van der Waals surface area contributed by atoms with Crippen molar-refractivity contribution in [3.8, 4) is 11.5 Å². The number of hydrazone groups is 1. The summed E-state index contributed by atoms with van der Waals surface area (Å²) in [4.78, 5) is 37.1. The van der Waals surface area contributed by atoms with E-state index in [1.165, 1.54) is 26.4 Å². The van der Waals surface area contributed by atoms with Crippen LogP contribution >= 0.6 is 11.6 Å². The van der Waals surface area contributed by atoms with Crippen molar-refractivity contribution < 1.29 is 29.0 Å². The summed E-state index contributed by atoms with van der Waals surface area (Å²) in [6.45, 7) is 0. The van der Waals surface area contributed by atoms with Gasteiger partial charge in [-0.1, -0.05) is 0 Å². The molecular formula is C24H27ClN2O6. The molecule has 9 heteroatoms. The molecule has 0 aromatic heterocycles. The van der Waals surface area contributed by atoms with Crippen molar-refractivity contribution >= 4 is 35.4 Å². The van der Waals surface area contributed by atoms with Crippen molar-refractivity contribution in [2.45, 2.75) is 43.4 Å². The van der Waals surface area contributed by atoms with Crippen molar-refractivity contribution in [2.24, 2.45) is 22.4 Å². The highest BCUT2D eigenvalue weighted by Gasteiger charge is 2.59. The Kier molecular flexibility index (Phi) is 6.22. The largest absolute Gasteiger partial charge is 0.497 e. The van der Waals surface area contributed by atoms with Crippen molar-refractivity contribution in [3.63, 3.8) is 0 Å². The monoisotopic (exact) mass is 474 g/mol. The van der Waals surface area contributed by atoms with Crippen LogP contribution in [0.5, 0.6) is 11.5 Å². The van der Waals surface area contributed by atoms with Gasteiger partial charge in [-0.3, -0.25) is 15.0 Å². The first kappa shape index (κ1) is 23.3. The Hall–Kier alpha value is -2.87. The van der Waals surface area contributed by atoms with Gasteiger partial charge in [-0.15, -0.1) is 11.6 Å². The van der Waals surface area contributed by atoms with Gasteiger partial charge in [0.2, 0.25) is 0 Å². The zero-order chi connectivity index (χ0) is 23.8. The van der Waals surface area contributed by atoms with Crippen LogP contribution in [0.2, 0.25) is 0 Å². The second-order valence-electron chi connectivity index (χ2n) is 9.42. The van der Waals surface area contributed by atoms with Gasteiger partial charge in [0.15, 0.2) is 11.6 Å². The fraction of sp³-hybridized carbons (Fsp3) is 0.500. The Labute approximate surface area is 197 Å². The number of alkyl halides is 1. The summed E-state index contributed by atoms with van der Waals surface area (Å²) in [5.74, 6) is -0.448. The number of Topliss-reactive ketones (excluding diaryl/α,β-unsaturated/α-hetero) is 1. The van der Waals surface area contributed by atoms with Crippen LogP contribution in [0.1, 0.15) is 48.9 Å². The van der Waals surface area contributed by atoms with E-state index in [9.17, 15) is 19.5 Å². The number of methoxy groups -OCH3 is 2. The number of carboxylic acid groups (broad SMARTS) is 1. The lowest BCUT2D eigenvalue weighted by atomic mass is 9.48. The van der Waals surface area contributed by atoms with E-state index >= 15 is 0 Å². The molecule has 0 saturated heterocycles. The Morgan fingerprint density at radius 3 is 2.42 bits per heavy atom. The standard InChI is InChI=1S/C24H27ClN2O6/c1-32-16-3-4-17(20(6-16)33-2)19(28)7-18(22(30)31)27-26-12-21(29)23-8-14-5-15(9-23)11-24(25,10-14)13-23/h3-4,6-7,12,14-15,27H,5,8-11,13H2,1-2H3,(H,30,31)/b18-7-,26-12-. The van der Waals surface area contributed by atoms with E-state index in [0.29, 0.717) is 24.0 Å². The van der Waals surface area contributed by atoms with Gasteiger partial charge >= 0.3 is 5.97 Å². The number of carbonyl (C=O) groups is 3. The van der Waals surface area contributed by atoms with Crippen molar-refractivity contribution in [2.75, 3.05) is 14.2 Å². The van der Waals surface area contributed by atoms with Crippen LogP contribution in [-0.4, -0.2) is 48.0 Å². The lowest BCUT2D eigenvalue weighted by molar-refractivity contribution is -0.135. The summed E-state index contributed by atoms with van der Waals surface area (Å²) < 4.78 is 10.3. The minimum atomic E-state index is -1.38. The number of carboxylic acids is 1. The van der Waals surface area contributed by atoms with E-state index < -0.39 is 22.9 Å². The van der Waals surface area contributed by atoms with Crippen LogP contribution < -0.4 is 14.9 Å². The highest BCUT2D eigenvalue weighted by atomic mass is 35.5. The Morgan fingerprint density at radius 1 is 1.15 bits per heavy atom. The van der Waals surface area contributed by atoms with Gasteiger partial charge in [0.1, 0.15) is 17.2 Å². The minimum absolute atomic E-state index is 0.137. The molecule has 4 fully saturated rings. The van der Waals surface area contributed by atoms with Gasteiger partial charge in [-0.05, 0) is 62.5 Å². The number of carbonyl (C=O) groups excluding carboxylic acids is 2. The molecule has 0 aliphatic heterocycles. The van der Waals surface area contributed by atoms with Crippen LogP contribution in [-0.2, 0) is 9.59 Å². The molecule has 0 amide bonds. The highest BCUT2D eigenvalue weighted by Crippen LogP contribution is 2.63. The molecule has 4 aliphatic rings. The normalized spacial score (nSPS) is 30.3. The summed E-state index contributed by atoms with van der Waals surface area (Å²) in [5.41, 5.74) is 1.54. The van der Waals surface area contributed by atoms with Gasteiger partial charge in [0.05, 0.1) is 26.0 Å². The molecule has 4 aliphatic carbocycles. The molecule has 4 saturated carbocycles. The average Bonchev–Trinajstić information content (AvgIpc) is 2.75. The molecule has 1 aromatic carbocycles. The highest BCUT2D eigenvalue weighted by molar-refractivity contribution is 6.31. The van der Waals surface area contributed by atoms with E-state index in [1.807, 2.05) is 0 Å². The molecule has 2 N–H and O–H groups in total. The topological polar surface area (TPSA) is 114 Å². The van der Waals surface area contributed by atoms with Gasteiger partial charge in [-0.2, -0.15) is 5.10 Å². The Morgan fingerprint density at radius 2 is 1.85 bits per heavy atom. The maximum absolute atomic E-state index is 13.1. The predicted octanol–water partition coefficient (Wildman–Crippen LogP) is 3.58. The van der Waals surface area contributed by atoms with Crippen LogP contribution in [0.3, 0.4) is 0 Å². The number of ketones is 2. The third-order valence-corrected chi connectivity index (χ3v) is 7.50. The summed E-state index contributed by atoms with van der Waals surface area (Å²) >= 11 is 6.80. The smallest absolute Gasteiger partial charge is 0.353 e. The number of nitrogens with one attached hydrogen (secondary N) is 1. The van der Waals surface area contributed by atoms with E-state index in [1.54, 1.807) is 6.07 Å².